The summed E-state index contributed by atoms with van der Waals surface area (Å²) in [5.74, 6) is 0.889. The van der Waals surface area contributed by atoms with E-state index in [0.29, 0.717) is 23.9 Å². The van der Waals surface area contributed by atoms with Crippen LogP contribution in [0.2, 0.25) is 0 Å². The Morgan fingerprint density at radius 3 is 2.79 bits per heavy atom. The summed E-state index contributed by atoms with van der Waals surface area (Å²) >= 11 is 0. The van der Waals surface area contributed by atoms with E-state index in [1.54, 1.807) is 12.1 Å². The van der Waals surface area contributed by atoms with Crippen molar-refractivity contribution in [3.63, 3.8) is 0 Å². The quantitative estimate of drug-likeness (QED) is 0.869. The summed E-state index contributed by atoms with van der Waals surface area (Å²) < 4.78 is 5.51. The van der Waals surface area contributed by atoms with Gasteiger partial charge >= 0.3 is 0 Å². The summed E-state index contributed by atoms with van der Waals surface area (Å²) in [6.07, 6.45) is 0.654. The molecule has 0 spiro atoms. The summed E-state index contributed by atoms with van der Waals surface area (Å²) in [6, 6.07) is 4.82. The van der Waals surface area contributed by atoms with Crippen molar-refractivity contribution >= 4 is 0 Å². The maximum atomic E-state index is 11.2. The number of H-pyrrole nitrogens is 1. The predicted octanol–water partition coefficient (Wildman–Crippen LogP) is 1.36. The number of aromatic amines is 1. The molecule has 0 saturated heterocycles. The lowest BCUT2D eigenvalue weighted by atomic mass is 10.1. The third kappa shape index (κ3) is 4.03. The number of hydrogen-bond acceptors (Lipinski definition) is 5. The molecule has 0 unspecified atom stereocenters. The van der Waals surface area contributed by atoms with E-state index in [9.17, 15) is 4.79 Å². The van der Waals surface area contributed by atoms with Crippen molar-refractivity contribution in [2.75, 3.05) is 6.54 Å². The Labute approximate surface area is 111 Å². The minimum Gasteiger partial charge on any atom is -0.419 e. The summed E-state index contributed by atoms with van der Waals surface area (Å²) in [5, 5.41) is 11.2. The van der Waals surface area contributed by atoms with Crippen LogP contribution in [0.5, 0.6) is 0 Å². The van der Waals surface area contributed by atoms with Crippen molar-refractivity contribution in [3.05, 3.63) is 34.4 Å². The van der Waals surface area contributed by atoms with Crippen LogP contribution >= 0.6 is 0 Å². The van der Waals surface area contributed by atoms with Gasteiger partial charge in [0.1, 0.15) is 5.69 Å². The zero-order valence-corrected chi connectivity index (χ0v) is 11.4. The van der Waals surface area contributed by atoms with Gasteiger partial charge in [0.25, 0.3) is 5.89 Å². The maximum absolute atomic E-state index is 11.2. The molecule has 0 aliphatic carbocycles. The lowest BCUT2D eigenvalue weighted by molar-refractivity contribution is 0.411. The first-order valence-corrected chi connectivity index (χ1v) is 6.21. The highest BCUT2D eigenvalue weighted by molar-refractivity contribution is 5.44. The molecule has 2 aromatic heterocycles. The van der Waals surface area contributed by atoms with E-state index < -0.39 is 0 Å². The smallest absolute Gasteiger partial charge is 0.264 e. The molecule has 0 aliphatic rings. The van der Waals surface area contributed by atoms with E-state index in [1.165, 1.54) is 6.07 Å². The molecule has 0 fully saturated rings. The van der Waals surface area contributed by atoms with E-state index in [2.05, 4.69) is 41.3 Å². The SMILES string of the molecule is CC(C)(C)NCCc1nnc(-c2cccc(=O)[nH]2)o1. The van der Waals surface area contributed by atoms with Crippen molar-refractivity contribution in [2.24, 2.45) is 0 Å². The van der Waals surface area contributed by atoms with Gasteiger partial charge in [0.05, 0.1) is 0 Å². The van der Waals surface area contributed by atoms with Crippen LogP contribution < -0.4 is 10.9 Å². The molecule has 2 heterocycles. The highest BCUT2D eigenvalue weighted by Gasteiger charge is 2.11. The first-order valence-electron chi connectivity index (χ1n) is 6.21. The molecular weight excluding hydrogens is 244 g/mol. The molecular formula is C13H18N4O2. The van der Waals surface area contributed by atoms with Gasteiger partial charge in [-0.05, 0) is 26.8 Å². The van der Waals surface area contributed by atoms with Crippen molar-refractivity contribution in [2.45, 2.75) is 32.7 Å². The standard InChI is InChI=1S/C13H18N4O2/c1-13(2,3)14-8-7-11-16-17-12(19-11)9-5-4-6-10(18)15-9/h4-6,14H,7-8H2,1-3H3,(H,15,18). The molecule has 2 N–H and O–H groups in total. The van der Waals surface area contributed by atoms with Crippen LogP contribution in [0.25, 0.3) is 11.6 Å². The minimum absolute atomic E-state index is 0.0630. The second kappa shape index (κ2) is 5.36. The molecule has 0 radical (unpaired) electrons. The van der Waals surface area contributed by atoms with Gasteiger partial charge in [-0.1, -0.05) is 6.07 Å². The monoisotopic (exact) mass is 262 g/mol. The molecule has 0 bridgehead atoms. The molecule has 19 heavy (non-hydrogen) atoms. The van der Waals surface area contributed by atoms with E-state index in [4.69, 9.17) is 4.42 Å². The Bertz CT molecular complexity index is 595. The number of pyridine rings is 1. The second-order valence-corrected chi connectivity index (χ2v) is 5.36. The van der Waals surface area contributed by atoms with Crippen molar-refractivity contribution in [3.8, 4) is 11.6 Å². The zero-order chi connectivity index (χ0) is 13.9. The van der Waals surface area contributed by atoms with Gasteiger partial charge in [-0.15, -0.1) is 10.2 Å². The summed E-state index contributed by atoms with van der Waals surface area (Å²) in [6.45, 7) is 7.05. The van der Waals surface area contributed by atoms with Crippen LogP contribution in [0.15, 0.2) is 27.4 Å². The number of rotatable bonds is 4. The minimum atomic E-state index is -0.188. The highest BCUT2D eigenvalue weighted by Crippen LogP contribution is 2.13. The summed E-state index contributed by atoms with van der Waals surface area (Å²) in [7, 11) is 0. The normalized spacial score (nSPS) is 11.7. The van der Waals surface area contributed by atoms with Crippen molar-refractivity contribution in [1.82, 2.24) is 20.5 Å². The largest absolute Gasteiger partial charge is 0.419 e. The molecule has 0 aromatic carbocycles. The Morgan fingerprint density at radius 2 is 2.11 bits per heavy atom. The van der Waals surface area contributed by atoms with Gasteiger partial charge in [-0.25, -0.2) is 0 Å². The van der Waals surface area contributed by atoms with Crippen LogP contribution in [-0.4, -0.2) is 27.3 Å². The van der Waals surface area contributed by atoms with Gasteiger partial charge in [-0.3, -0.25) is 4.79 Å². The lowest BCUT2D eigenvalue weighted by Gasteiger charge is -2.19. The van der Waals surface area contributed by atoms with Gasteiger partial charge in [-0.2, -0.15) is 0 Å². The maximum Gasteiger partial charge on any atom is 0.264 e. The average molecular weight is 262 g/mol. The zero-order valence-electron chi connectivity index (χ0n) is 11.4. The molecule has 2 aromatic rings. The van der Waals surface area contributed by atoms with E-state index >= 15 is 0 Å². The molecule has 6 heteroatoms. The van der Waals surface area contributed by atoms with Gasteiger partial charge < -0.3 is 14.7 Å². The van der Waals surface area contributed by atoms with Crippen molar-refractivity contribution < 1.29 is 4.42 Å². The first kappa shape index (κ1) is 13.5. The van der Waals surface area contributed by atoms with Gasteiger partial charge in [0.2, 0.25) is 11.4 Å². The first-order chi connectivity index (χ1) is 8.94. The van der Waals surface area contributed by atoms with Crippen LogP contribution in [0, 0.1) is 0 Å². The van der Waals surface area contributed by atoms with Gasteiger partial charge in [0, 0.05) is 24.6 Å². The molecule has 0 aliphatic heterocycles. The number of nitrogens with zero attached hydrogens (tertiary/aromatic N) is 2. The molecule has 0 amide bonds. The van der Waals surface area contributed by atoms with E-state index in [-0.39, 0.29) is 11.1 Å². The average Bonchev–Trinajstić information content (AvgIpc) is 2.76. The molecule has 102 valence electrons. The molecule has 0 saturated carbocycles. The Hall–Kier alpha value is -1.95. The molecule has 2 rings (SSSR count). The van der Waals surface area contributed by atoms with Crippen LogP contribution in [0.1, 0.15) is 26.7 Å². The molecule has 6 nitrogen and oxygen atoms in total. The van der Waals surface area contributed by atoms with Gasteiger partial charge in [0.15, 0.2) is 0 Å². The predicted molar refractivity (Wildman–Crippen MR) is 71.8 cm³/mol. The van der Waals surface area contributed by atoms with E-state index in [1.807, 2.05) is 0 Å². The third-order valence-electron chi connectivity index (χ3n) is 2.46. The topological polar surface area (TPSA) is 83.8 Å². The second-order valence-electron chi connectivity index (χ2n) is 5.36. The van der Waals surface area contributed by atoms with E-state index in [0.717, 1.165) is 6.54 Å². The van der Waals surface area contributed by atoms with Crippen LogP contribution in [0.3, 0.4) is 0 Å². The Kier molecular flexibility index (Phi) is 3.80. The Balaban J connectivity index is 2.01. The fourth-order valence-electron chi connectivity index (χ4n) is 1.58. The summed E-state index contributed by atoms with van der Waals surface area (Å²) in [4.78, 5) is 13.8. The number of aromatic nitrogens is 3. The van der Waals surface area contributed by atoms with Crippen LogP contribution in [0.4, 0.5) is 0 Å². The highest BCUT2D eigenvalue weighted by atomic mass is 16.4. The molecule has 0 atom stereocenters. The Morgan fingerprint density at radius 1 is 1.32 bits per heavy atom. The lowest BCUT2D eigenvalue weighted by Crippen LogP contribution is -2.37. The number of hydrogen-bond donors (Lipinski definition) is 2. The summed E-state index contributed by atoms with van der Waals surface area (Å²) in [5.41, 5.74) is 0.412. The fourth-order valence-corrected chi connectivity index (χ4v) is 1.58. The van der Waals surface area contributed by atoms with Crippen LogP contribution in [-0.2, 0) is 6.42 Å². The third-order valence-corrected chi connectivity index (χ3v) is 2.46. The van der Waals surface area contributed by atoms with Crippen molar-refractivity contribution in [1.29, 1.82) is 0 Å². The fraction of sp³-hybridized carbons (Fsp3) is 0.462. The number of nitrogens with one attached hydrogen (secondary N) is 2.